The highest BCUT2D eigenvalue weighted by molar-refractivity contribution is 7.99. The predicted molar refractivity (Wildman–Crippen MR) is 81.4 cm³/mol. The van der Waals surface area contributed by atoms with Gasteiger partial charge in [-0.1, -0.05) is 11.8 Å². The van der Waals surface area contributed by atoms with Crippen molar-refractivity contribution < 1.29 is 19.1 Å². The van der Waals surface area contributed by atoms with Gasteiger partial charge in [-0.15, -0.1) is 0 Å². The molecule has 5 heteroatoms. The first-order valence-corrected chi connectivity index (χ1v) is 7.02. The number of carbonyl (C=O) groups is 1. The van der Waals surface area contributed by atoms with Crippen LogP contribution in [0, 0.1) is 0 Å². The molecule has 4 nitrogen and oxygen atoms in total. The van der Waals surface area contributed by atoms with Crippen LogP contribution in [0.2, 0.25) is 0 Å². The molecule has 0 aliphatic rings. The van der Waals surface area contributed by atoms with Crippen molar-refractivity contribution in [1.29, 1.82) is 0 Å². The summed E-state index contributed by atoms with van der Waals surface area (Å²) in [6.07, 6.45) is 0. The van der Waals surface area contributed by atoms with E-state index in [4.69, 9.17) is 4.74 Å². The van der Waals surface area contributed by atoms with Crippen LogP contribution in [0.4, 0.5) is 0 Å². The number of esters is 2. The predicted octanol–water partition coefficient (Wildman–Crippen LogP) is 3.12. The van der Waals surface area contributed by atoms with E-state index in [1.165, 1.54) is 14.2 Å². The minimum absolute atomic E-state index is 0.103. The maximum absolute atomic E-state index is 11.3. The first kappa shape index (κ1) is 15.1. The molecule has 1 N–H and O–H groups in total. The maximum Gasteiger partial charge on any atom is 0.517 e. The minimum Gasteiger partial charge on any atom is -0.465 e. The highest BCUT2D eigenvalue weighted by Gasteiger charge is 2.12. The molecular formula is C16H15O4S+. The molecule has 0 spiro atoms. The second-order valence-corrected chi connectivity index (χ2v) is 5.30. The third-order valence-electron chi connectivity index (χ3n) is 2.81. The molecule has 0 radical (unpaired) electrons. The topological polar surface area (TPSA) is 56.9 Å². The lowest BCUT2D eigenvalue weighted by Crippen LogP contribution is -2.02. The van der Waals surface area contributed by atoms with Gasteiger partial charge in [0.05, 0.1) is 12.7 Å². The lowest BCUT2D eigenvalue weighted by Gasteiger charge is -2.03. The van der Waals surface area contributed by atoms with Crippen molar-refractivity contribution in [2.75, 3.05) is 14.2 Å². The summed E-state index contributed by atoms with van der Waals surface area (Å²) in [5.74, 6) is -0.449. The van der Waals surface area contributed by atoms with Crippen molar-refractivity contribution in [2.45, 2.75) is 9.79 Å². The summed E-state index contributed by atoms with van der Waals surface area (Å²) in [6.45, 7) is 0. The Morgan fingerprint density at radius 2 is 1.33 bits per heavy atom. The number of hydrogen-bond donors (Lipinski definition) is 0. The minimum atomic E-state index is -0.346. The zero-order valence-electron chi connectivity index (χ0n) is 11.7. The van der Waals surface area contributed by atoms with Gasteiger partial charge in [-0.05, 0) is 48.5 Å². The number of carbonyl (C=O) groups excluding carboxylic acids is 2. The second-order valence-electron chi connectivity index (χ2n) is 4.15. The molecule has 0 aliphatic heterocycles. The van der Waals surface area contributed by atoms with Crippen molar-refractivity contribution in [2.24, 2.45) is 0 Å². The lowest BCUT2D eigenvalue weighted by atomic mass is 10.2. The zero-order chi connectivity index (χ0) is 15.2. The van der Waals surface area contributed by atoms with Crippen LogP contribution < -0.4 is 0 Å². The summed E-state index contributed by atoms with van der Waals surface area (Å²) in [6, 6.07) is 14.5. The fourth-order valence-electron chi connectivity index (χ4n) is 1.70. The highest BCUT2D eigenvalue weighted by Crippen LogP contribution is 2.28. The van der Waals surface area contributed by atoms with Crippen molar-refractivity contribution >= 4 is 23.7 Å². The van der Waals surface area contributed by atoms with Crippen LogP contribution in [0.5, 0.6) is 0 Å². The Morgan fingerprint density at radius 3 is 1.76 bits per heavy atom. The van der Waals surface area contributed by atoms with Gasteiger partial charge in [0, 0.05) is 9.79 Å². The van der Waals surface area contributed by atoms with Crippen LogP contribution in [0.3, 0.4) is 0 Å². The van der Waals surface area contributed by atoms with E-state index >= 15 is 0 Å². The Morgan fingerprint density at radius 1 is 0.857 bits per heavy atom. The smallest absolute Gasteiger partial charge is 0.465 e. The van der Waals surface area contributed by atoms with Gasteiger partial charge in [0.25, 0.3) is 0 Å². The Kier molecular flexibility index (Phi) is 5.00. The molecule has 0 saturated carbocycles. The van der Waals surface area contributed by atoms with E-state index in [9.17, 15) is 9.59 Å². The molecule has 0 aromatic heterocycles. The number of benzene rings is 2. The third kappa shape index (κ3) is 3.86. The van der Waals surface area contributed by atoms with Crippen LogP contribution >= 0.6 is 11.8 Å². The first-order chi connectivity index (χ1) is 10.1. The Labute approximate surface area is 127 Å². The molecule has 0 aliphatic carbocycles. The normalized spacial score (nSPS) is 10.0. The van der Waals surface area contributed by atoms with Crippen LogP contribution in [0.25, 0.3) is 0 Å². The van der Waals surface area contributed by atoms with E-state index in [1.807, 2.05) is 24.3 Å². The van der Waals surface area contributed by atoms with Crippen LogP contribution in [-0.2, 0) is 9.47 Å². The van der Waals surface area contributed by atoms with Gasteiger partial charge in [0.15, 0.2) is 7.11 Å². The van der Waals surface area contributed by atoms with Gasteiger partial charge < -0.3 is 14.3 Å². The van der Waals surface area contributed by atoms with Gasteiger partial charge in [0.2, 0.25) is 0 Å². The molecular weight excluding hydrogens is 288 g/mol. The average molecular weight is 303 g/mol. The summed E-state index contributed by atoms with van der Waals surface area (Å²) < 4.78 is 9.42. The Balaban J connectivity index is 2.08. The quantitative estimate of drug-likeness (QED) is 0.643. The third-order valence-corrected chi connectivity index (χ3v) is 3.82. The van der Waals surface area contributed by atoms with E-state index in [2.05, 4.69) is 4.74 Å². The van der Waals surface area contributed by atoms with Gasteiger partial charge in [-0.2, -0.15) is 0 Å². The van der Waals surface area contributed by atoms with Gasteiger partial charge in [0.1, 0.15) is 5.56 Å². The molecule has 21 heavy (non-hydrogen) atoms. The van der Waals surface area contributed by atoms with Crippen LogP contribution in [0.1, 0.15) is 15.9 Å². The molecule has 0 heterocycles. The number of methoxy groups -OCH3 is 2. The van der Waals surface area contributed by atoms with E-state index in [-0.39, 0.29) is 11.9 Å². The van der Waals surface area contributed by atoms with Crippen LogP contribution in [-0.4, -0.2) is 31.0 Å². The largest absolute Gasteiger partial charge is 0.517 e. The maximum atomic E-state index is 11.3. The summed E-state index contributed by atoms with van der Waals surface area (Å²) >= 11 is 1.56. The summed E-state index contributed by atoms with van der Waals surface area (Å²) in [7, 11) is 2.78. The summed E-state index contributed by atoms with van der Waals surface area (Å²) in [5, 5.41) is 0. The van der Waals surface area contributed by atoms with Crippen LogP contribution in [0.15, 0.2) is 58.3 Å². The average Bonchev–Trinajstić information content (AvgIpc) is 2.55. The number of hydrogen-bond acceptors (Lipinski definition) is 4. The van der Waals surface area contributed by atoms with Crippen molar-refractivity contribution in [3.63, 3.8) is 0 Å². The zero-order valence-corrected chi connectivity index (χ0v) is 12.5. The van der Waals surface area contributed by atoms with Gasteiger partial charge in [-0.25, -0.2) is 4.79 Å². The summed E-state index contributed by atoms with van der Waals surface area (Å²) in [5.41, 5.74) is 1.15. The van der Waals surface area contributed by atoms with E-state index in [0.717, 1.165) is 9.79 Å². The number of rotatable bonds is 4. The molecule has 2 rings (SSSR count). The van der Waals surface area contributed by atoms with Gasteiger partial charge >= 0.3 is 11.9 Å². The van der Waals surface area contributed by atoms with Crippen molar-refractivity contribution in [3.05, 3.63) is 59.7 Å². The molecule has 2 aromatic rings. The molecule has 108 valence electrons. The Hall–Kier alpha value is -2.27. The van der Waals surface area contributed by atoms with Crippen molar-refractivity contribution in [1.82, 2.24) is 0 Å². The lowest BCUT2D eigenvalue weighted by molar-refractivity contribution is 0.0600. The summed E-state index contributed by atoms with van der Waals surface area (Å²) in [4.78, 5) is 22.8. The molecule has 2 aromatic carbocycles. The molecule has 0 fully saturated rings. The van der Waals surface area contributed by atoms with Crippen molar-refractivity contribution in [3.8, 4) is 0 Å². The number of ether oxygens (including phenoxy) is 2. The molecule has 0 saturated heterocycles. The molecule has 0 bridgehead atoms. The van der Waals surface area contributed by atoms with Gasteiger partial charge in [-0.3, -0.25) is 0 Å². The molecule has 0 atom stereocenters. The second kappa shape index (κ2) is 6.95. The molecule has 0 unspecified atom stereocenters. The van der Waals surface area contributed by atoms with E-state index < -0.39 is 0 Å². The fraction of sp³-hybridized carbons (Fsp3) is 0.125. The SMILES string of the molecule is COC(=O)c1ccc(Sc2ccc(C(=[OH+])OC)cc2)cc1. The molecule has 0 amide bonds. The Bertz CT molecular complexity index is 575. The van der Waals surface area contributed by atoms with E-state index in [0.29, 0.717) is 11.1 Å². The monoisotopic (exact) mass is 303 g/mol. The highest BCUT2D eigenvalue weighted by atomic mass is 32.2. The fourth-order valence-corrected chi connectivity index (χ4v) is 2.51. The van der Waals surface area contributed by atoms with E-state index in [1.54, 1.807) is 36.0 Å². The first-order valence-electron chi connectivity index (χ1n) is 6.20. The standard InChI is InChI=1S/C16H14O4S/c1-19-15(17)11-3-7-13(8-4-11)21-14-9-5-12(6-10-14)16(18)20-2/h3-10H,1-2H3/p+1.